The van der Waals surface area contributed by atoms with Gasteiger partial charge in [0.15, 0.2) is 0 Å². The summed E-state index contributed by atoms with van der Waals surface area (Å²) >= 11 is 6.06. The second-order valence-corrected chi connectivity index (χ2v) is 5.24. The highest BCUT2D eigenvalue weighted by atomic mass is 35.5. The topological polar surface area (TPSA) is 45.6 Å². The van der Waals surface area contributed by atoms with Crippen molar-refractivity contribution < 1.29 is 9.84 Å². The van der Waals surface area contributed by atoms with Crippen LogP contribution in [0.3, 0.4) is 0 Å². The fourth-order valence-electron chi connectivity index (χ4n) is 2.37. The number of halogens is 1. The summed E-state index contributed by atoms with van der Waals surface area (Å²) in [6.45, 7) is 3.86. The van der Waals surface area contributed by atoms with Gasteiger partial charge in [0.05, 0.1) is 13.2 Å². The van der Waals surface area contributed by atoms with Crippen LogP contribution in [0.25, 0.3) is 0 Å². The van der Waals surface area contributed by atoms with Gasteiger partial charge < -0.3 is 9.84 Å². The van der Waals surface area contributed by atoms with E-state index in [1.54, 1.807) is 13.3 Å². The monoisotopic (exact) mass is 270 g/mol. The van der Waals surface area contributed by atoms with E-state index in [-0.39, 0.29) is 6.10 Å². The standard InChI is InChI=1S/C13H19ClN2O2/c1-9-5-11(17)3-4-16(9)8-10-6-12(14)13(18-2)15-7-10/h6-7,9,11,17H,3-5,8H2,1-2H3/t9-,11-/m1/s1. The van der Waals surface area contributed by atoms with Gasteiger partial charge in [0.25, 0.3) is 0 Å². The molecular weight excluding hydrogens is 252 g/mol. The number of aliphatic hydroxyl groups is 1. The van der Waals surface area contributed by atoms with Gasteiger partial charge in [0.2, 0.25) is 5.88 Å². The minimum absolute atomic E-state index is 0.158. The Morgan fingerprint density at radius 1 is 1.61 bits per heavy atom. The first kappa shape index (κ1) is 13.6. The van der Waals surface area contributed by atoms with Crippen LogP contribution in [-0.2, 0) is 6.54 Å². The summed E-state index contributed by atoms with van der Waals surface area (Å²) in [5.74, 6) is 0.461. The molecule has 0 bridgehead atoms. The van der Waals surface area contributed by atoms with Crippen molar-refractivity contribution in [3.63, 3.8) is 0 Å². The highest BCUT2D eigenvalue weighted by molar-refractivity contribution is 6.31. The smallest absolute Gasteiger partial charge is 0.232 e. The summed E-state index contributed by atoms with van der Waals surface area (Å²) in [7, 11) is 1.56. The largest absolute Gasteiger partial charge is 0.480 e. The number of aliphatic hydroxyl groups excluding tert-OH is 1. The molecule has 0 spiro atoms. The predicted octanol–water partition coefficient (Wildman–Crippen LogP) is 2.09. The first-order valence-corrected chi connectivity index (χ1v) is 6.58. The van der Waals surface area contributed by atoms with Crippen LogP contribution in [0.2, 0.25) is 5.02 Å². The molecule has 2 rings (SSSR count). The molecule has 1 aliphatic rings. The van der Waals surface area contributed by atoms with Gasteiger partial charge in [-0.1, -0.05) is 11.6 Å². The Morgan fingerprint density at radius 2 is 2.39 bits per heavy atom. The Balaban J connectivity index is 2.03. The molecule has 4 nitrogen and oxygen atoms in total. The Bertz CT molecular complexity index is 414. The molecule has 18 heavy (non-hydrogen) atoms. The van der Waals surface area contributed by atoms with Crippen molar-refractivity contribution in [2.45, 2.75) is 38.5 Å². The van der Waals surface area contributed by atoms with Crippen molar-refractivity contribution in [2.24, 2.45) is 0 Å². The van der Waals surface area contributed by atoms with E-state index in [0.717, 1.165) is 31.5 Å². The van der Waals surface area contributed by atoms with E-state index in [9.17, 15) is 5.11 Å². The Labute approximate surface area is 113 Å². The number of hydrogen-bond donors (Lipinski definition) is 1. The average molecular weight is 271 g/mol. The maximum absolute atomic E-state index is 9.60. The van der Waals surface area contributed by atoms with Gasteiger partial charge >= 0.3 is 0 Å². The molecule has 1 fully saturated rings. The molecule has 0 aromatic carbocycles. The second-order valence-electron chi connectivity index (χ2n) is 4.83. The SMILES string of the molecule is COc1ncc(CN2CC[C@@H](O)C[C@H]2C)cc1Cl. The van der Waals surface area contributed by atoms with Crippen molar-refractivity contribution >= 4 is 11.6 Å². The van der Waals surface area contributed by atoms with Gasteiger partial charge in [0.1, 0.15) is 5.02 Å². The predicted molar refractivity (Wildman–Crippen MR) is 70.9 cm³/mol. The van der Waals surface area contributed by atoms with Crippen LogP contribution in [-0.4, -0.2) is 40.8 Å². The molecule has 5 heteroatoms. The first-order valence-electron chi connectivity index (χ1n) is 6.20. The lowest BCUT2D eigenvalue weighted by Crippen LogP contribution is -2.42. The number of hydrogen-bond acceptors (Lipinski definition) is 4. The minimum atomic E-state index is -0.158. The lowest BCUT2D eigenvalue weighted by atomic mass is 10.0. The number of ether oxygens (including phenoxy) is 1. The number of pyridine rings is 1. The Morgan fingerprint density at radius 3 is 3.00 bits per heavy atom. The molecule has 0 saturated carbocycles. The van der Waals surface area contributed by atoms with Crippen LogP contribution in [0.1, 0.15) is 25.3 Å². The number of piperidine rings is 1. The summed E-state index contributed by atoms with van der Waals surface area (Å²) in [5.41, 5.74) is 1.07. The maximum Gasteiger partial charge on any atom is 0.232 e. The third kappa shape index (κ3) is 3.13. The van der Waals surface area contributed by atoms with Crippen LogP contribution in [0.4, 0.5) is 0 Å². The molecule has 0 aliphatic carbocycles. The zero-order chi connectivity index (χ0) is 13.1. The molecule has 1 aromatic heterocycles. The number of nitrogens with zero attached hydrogens (tertiary/aromatic N) is 2. The van der Waals surface area contributed by atoms with Gasteiger partial charge in [-0.15, -0.1) is 0 Å². The first-order chi connectivity index (χ1) is 8.60. The van der Waals surface area contributed by atoms with Crippen molar-refractivity contribution in [3.05, 3.63) is 22.8 Å². The van der Waals surface area contributed by atoms with Crippen molar-refractivity contribution in [2.75, 3.05) is 13.7 Å². The van der Waals surface area contributed by atoms with E-state index in [1.165, 1.54) is 0 Å². The Hall–Kier alpha value is -0.840. The third-order valence-electron chi connectivity index (χ3n) is 3.43. The lowest BCUT2D eigenvalue weighted by molar-refractivity contribution is 0.0441. The molecule has 2 atom stereocenters. The normalized spacial score (nSPS) is 25.1. The molecule has 1 N–H and O–H groups in total. The highest BCUT2D eigenvalue weighted by Crippen LogP contribution is 2.24. The van der Waals surface area contributed by atoms with Crippen LogP contribution in [0, 0.1) is 0 Å². The van der Waals surface area contributed by atoms with E-state index in [0.29, 0.717) is 16.9 Å². The molecule has 2 heterocycles. The van der Waals surface area contributed by atoms with Gasteiger partial charge in [0, 0.05) is 25.3 Å². The summed E-state index contributed by atoms with van der Waals surface area (Å²) in [6.07, 6.45) is 3.30. The zero-order valence-electron chi connectivity index (χ0n) is 10.8. The van der Waals surface area contributed by atoms with Crippen LogP contribution in [0.5, 0.6) is 5.88 Å². The highest BCUT2D eigenvalue weighted by Gasteiger charge is 2.24. The molecule has 0 radical (unpaired) electrons. The van der Waals surface area contributed by atoms with E-state index in [1.807, 2.05) is 6.07 Å². The van der Waals surface area contributed by atoms with Gasteiger partial charge in [-0.05, 0) is 31.4 Å². The molecular formula is C13H19ClN2O2. The maximum atomic E-state index is 9.60. The quantitative estimate of drug-likeness (QED) is 0.914. The summed E-state index contributed by atoms with van der Waals surface area (Å²) in [5, 5.41) is 10.1. The van der Waals surface area contributed by atoms with Crippen molar-refractivity contribution in [1.29, 1.82) is 0 Å². The minimum Gasteiger partial charge on any atom is -0.480 e. The Kier molecular flexibility index (Phi) is 4.43. The van der Waals surface area contributed by atoms with E-state index in [4.69, 9.17) is 16.3 Å². The lowest BCUT2D eigenvalue weighted by Gasteiger charge is -2.35. The van der Waals surface area contributed by atoms with E-state index >= 15 is 0 Å². The fraction of sp³-hybridized carbons (Fsp3) is 0.615. The van der Waals surface area contributed by atoms with Crippen LogP contribution in [0.15, 0.2) is 12.3 Å². The molecule has 0 unspecified atom stereocenters. The zero-order valence-corrected chi connectivity index (χ0v) is 11.5. The number of methoxy groups -OCH3 is 1. The van der Waals surface area contributed by atoms with Crippen LogP contribution < -0.4 is 4.74 Å². The molecule has 1 aliphatic heterocycles. The number of likely N-dealkylation sites (tertiary alicyclic amines) is 1. The van der Waals surface area contributed by atoms with Gasteiger partial charge in [-0.3, -0.25) is 4.90 Å². The van der Waals surface area contributed by atoms with Crippen LogP contribution >= 0.6 is 11.6 Å². The third-order valence-corrected chi connectivity index (χ3v) is 3.70. The summed E-state index contributed by atoms with van der Waals surface area (Å²) in [4.78, 5) is 6.51. The van der Waals surface area contributed by atoms with Gasteiger partial charge in [-0.2, -0.15) is 0 Å². The van der Waals surface area contributed by atoms with Gasteiger partial charge in [-0.25, -0.2) is 4.98 Å². The van der Waals surface area contributed by atoms with Crippen molar-refractivity contribution in [1.82, 2.24) is 9.88 Å². The molecule has 1 aromatic rings. The van der Waals surface area contributed by atoms with Crippen molar-refractivity contribution in [3.8, 4) is 5.88 Å². The average Bonchev–Trinajstić information content (AvgIpc) is 2.33. The molecule has 100 valence electrons. The second kappa shape index (κ2) is 5.87. The van der Waals surface area contributed by atoms with E-state index < -0.39 is 0 Å². The number of aromatic nitrogens is 1. The molecule has 1 saturated heterocycles. The molecule has 0 amide bonds. The number of rotatable bonds is 3. The van der Waals surface area contributed by atoms with E-state index in [2.05, 4.69) is 16.8 Å². The summed E-state index contributed by atoms with van der Waals surface area (Å²) in [6, 6.07) is 2.28. The fourth-order valence-corrected chi connectivity index (χ4v) is 2.63. The summed E-state index contributed by atoms with van der Waals surface area (Å²) < 4.78 is 5.04.